The van der Waals surface area contributed by atoms with Gasteiger partial charge in [0.15, 0.2) is 0 Å². The Kier molecular flexibility index (Phi) is 3.14. The molecule has 1 aliphatic heterocycles. The Morgan fingerprint density at radius 1 is 1.28 bits per heavy atom. The molecule has 18 heavy (non-hydrogen) atoms. The standard InChI is InChI=1S/C15H16ClNO/c1-17-14-7-4-8-18-15-11-6-3-2-5-10(11)13(16)9-12(14)15/h2-3,5-6,9,14,17H,4,7-8H2,1H3. The quantitative estimate of drug-likeness (QED) is 0.840. The van der Waals surface area contributed by atoms with Crippen molar-refractivity contribution in [2.24, 2.45) is 0 Å². The Morgan fingerprint density at radius 3 is 2.83 bits per heavy atom. The van der Waals surface area contributed by atoms with Crippen molar-refractivity contribution in [3.05, 3.63) is 40.9 Å². The van der Waals surface area contributed by atoms with Crippen LogP contribution in [0.4, 0.5) is 0 Å². The van der Waals surface area contributed by atoms with E-state index >= 15 is 0 Å². The molecule has 0 radical (unpaired) electrons. The maximum Gasteiger partial charge on any atom is 0.131 e. The summed E-state index contributed by atoms with van der Waals surface area (Å²) in [7, 11) is 1.99. The van der Waals surface area contributed by atoms with Crippen molar-refractivity contribution in [2.75, 3.05) is 13.7 Å². The summed E-state index contributed by atoms with van der Waals surface area (Å²) in [6, 6.07) is 10.5. The van der Waals surface area contributed by atoms with Crippen molar-refractivity contribution >= 4 is 22.4 Å². The van der Waals surface area contributed by atoms with Crippen LogP contribution in [-0.4, -0.2) is 13.7 Å². The van der Waals surface area contributed by atoms with Crippen molar-refractivity contribution in [2.45, 2.75) is 18.9 Å². The number of benzene rings is 2. The van der Waals surface area contributed by atoms with Crippen LogP contribution in [0.3, 0.4) is 0 Å². The van der Waals surface area contributed by atoms with E-state index in [1.54, 1.807) is 0 Å². The molecule has 0 aliphatic carbocycles. The lowest BCUT2D eigenvalue weighted by atomic mass is 9.98. The van der Waals surface area contributed by atoms with Crippen LogP contribution in [-0.2, 0) is 0 Å². The largest absolute Gasteiger partial charge is 0.493 e. The molecule has 1 atom stereocenters. The highest BCUT2D eigenvalue weighted by atomic mass is 35.5. The Morgan fingerprint density at radius 2 is 2.06 bits per heavy atom. The van der Waals surface area contributed by atoms with E-state index in [1.165, 1.54) is 5.56 Å². The summed E-state index contributed by atoms with van der Waals surface area (Å²) in [5, 5.41) is 6.33. The summed E-state index contributed by atoms with van der Waals surface area (Å²) in [6.07, 6.45) is 2.14. The van der Waals surface area contributed by atoms with Crippen molar-refractivity contribution in [1.82, 2.24) is 5.32 Å². The third kappa shape index (κ3) is 1.86. The first-order valence-electron chi connectivity index (χ1n) is 6.32. The second-order valence-electron chi connectivity index (χ2n) is 4.65. The number of halogens is 1. The molecule has 0 amide bonds. The first-order valence-corrected chi connectivity index (χ1v) is 6.70. The Balaban J connectivity index is 2.30. The monoisotopic (exact) mass is 261 g/mol. The molecule has 94 valence electrons. The van der Waals surface area contributed by atoms with Gasteiger partial charge in [-0.25, -0.2) is 0 Å². The molecule has 0 bridgehead atoms. The van der Waals surface area contributed by atoms with Crippen LogP contribution >= 0.6 is 11.6 Å². The maximum absolute atomic E-state index is 6.39. The van der Waals surface area contributed by atoms with Gasteiger partial charge in [-0.15, -0.1) is 0 Å². The zero-order chi connectivity index (χ0) is 12.5. The molecule has 2 nitrogen and oxygen atoms in total. The zero-order valence-electron chi connectivity index (χ0n) is 10.4. The zero-order valence-corrected chi connectivity index (χ0v) is 11.1. The first-order chi connectivity index (χ1) is 8.81. The molecule has 1 aliphatic rings. The molecule has 3 heteroatoms. The van der Waals surface area contributed by atoms with Gasteiger partial charge in [0, 0.05) is 27.4 Å². The lowest BCUT2D eigenvalue weighted by molar-refractivity contribution is 0.319. The molecule has 2 aromatic rings. The van der Waals surface area contributed by atoms with E-state index in [4.69, 9.17) is 16.3 Å². The van der Waals surface area contributed by atoms with Crippen LogP contribution in [0.5, 0.6) is 5.75 Å². The highest BCUT2D eigenvalue weighted by molar-refractivity contribution is 6.36. The van der Waals surface area contributed by atoms with Crippen molar-refractivity contribution in [3.63, 3.8) is 0 Å². The van der Waals surface area contributed by atoms with E-state index in [0.717, 1.165) is 41.0 Å². The number of hydrogen-bond acceptors (Lipinski definition) is 2. The summed E-state index contributed by atoms with van der Waals surface area (Å²) in [5.41, 5.74) is 1.18. The SMILES string of the molecule is CNC1CCCOc2c1cc(Cl)c1ccccc21. The Hall–Kier alpha value is -1.25. The van der Waals surface area contributed by atoms with Crippen LogP contribution in [0.25, 0.3) is 10.8 Å². The Bertz CT molecular complexity index is 582. The molecular weight excluding hydrogens is 246 g/mol. The molecule has 0 spiro atoms. The van der Waals surface area contributed by atoms with Gasteiger partial charge < -0.3 is 10.1 Å². The lowest BCUT2D eigenvalue weighted by Gasteiger charge is -2.18. The van der Waals surface area contributed by atoms with Crippen LogP contribution in [0.1, 0.15) is 24.4 Å². The van der Waals surface area contributed by atoms with E-state index in [-0.39, 0.29) is 0 Å². The third-order valence-corrected chi connectivity index (χ3v) is 3.89. The highest BCUT2D eigenvalue weighted by Gasteiger charge is 2.21. The molecule has 3 rings (SSSR count). The van der Waals surface area contributed by atoms with E-state index in [1.807, 2.05) is 31.3 Å². The molecule has 2 aromatic carbocycles. The van der Waals surface area contributed by atoms with Crippen LogP contribution < -0.4 is 10.1 Å². The number of hydrogen-bond donors (Lipinski definition) is 1. The van der Waals surface area contributed by atoms with Crippen molar-refractivity contribution in [1.29, 1.82) is 0 Å². The molecular formula is C15H16ClNO. The van der Waals surface area contributed by atoms with E-state index in [0.29, 0.717) is 6.04 Å². The summed E-state index contributed by atoms with van der Waals surface area (Å²) in [5.74, 6) is 0.992. The summed E-state index contributed by atoms with van der Waals surface area (Å²) < 4.78 is 5.95. The van der Waals surface area contributed by atoms with Crippen molar-refractivity contribution < 1.29 is 4.74 Å². The molecule has 1 N–H and O–H groups in total. The molecule has 1 heterocycles. The second-order valence-corrected chi connectivity index (χ2v) is 5.06. The van der Waals surface area contributed by atoms with Gasteiger partial charge in [0.05, 0.1) is 6.61 Å². The van der Waals surface area contributed by atoms with E-state index in [2.05, 4.69) is 11.4 Å². The molecule has 0 saturated heterocycles. The van der Waals surface area contributed by atoms with Gasteiger partial charge >= 0.3 is 0 Å². The minimum atomic E-state index is 0.324. The summed E-state index contributed by atoms with van der Waals surface area (Å²) >= 11 is 6.39. The molecule has 0 fully saturated rings. The molecule has 0 saturated carbocycles. The fourth-order valence-corrected chi connectivity index (χ4v) is 2.94. The number of rotatable bonds is 1. The third-order valence-electron chi connectivity index (χ3n) is 3.58. The smallest absolute Gasteiger partial charge is 0.131 e. The van der Waals surface area contributed by atoms with Gasteiger partial charge in [0.1, 0.15) is 5.75 Å². The van der Waals surface area contributed by atoms with Gasteiger partial charge in [-0.2, -0.15) is 0 Å². The van der Waals surface area contributed by atoms with E-state index in [9.17, 15) is 0 Å². The predicted octanol–water partition coefficient (Wildman–Crippen LogP) is 3.93. The highest BCUT2D eigenvalue weighted by Crippen LogP contribution is 2.40. The van der Waals surface area contributed by atoms with Crippen LogP contribution in [0.15, 0.2) is 30.3 Å². The number of fused-ring (bicyclic) bond motifs is 3. The van der Waals surface area contributed by atoms with Gasteiger partial charge in [-0.1, -0.05) is 35.9 Å². The average Bonchev–Trinajstić information content (AvgIpc) is 2.61. The summed E-state index contributed by atoms with van der Waals surface area (Å²) in [6.45, 7) is 0.775. The van der Waals surface area contributed by atoms with Gasteiger partial charge in [-0.3, -0.25) is 0 Å². The molecule has 1 unspecified atom stereocenters. The second kappa shape index (κ2) is 4.79. The van der Waals surface area contributed by atoms with Crippen molar-refractivity contribution in [3.8, 4) is 5.75 Å². The Labute approximate surface area is 112 Å². The molecule has 0 aromatic heterocycles. The minimum absolute atomic E-state index is 0.324. The first kappa shape index (κ1) is 11.8. The maximum atomic E-state index is 6.39. The normalized spacial score (nSPS) is 19.1. The summed E-state index contributed by atoms with van der Waals surface area (Å²) in [4.78, 5) is 0. The lowest BCUT2D eigenvalue weighted by Crippen LogP contribution is -2.15. The predicted molar refractivity (Wildman–Crippen MR) is 75.5 cm³/mol. The van der Waals surface area contributed by atoms with E-state index < -0.39 is 0 Å². The van der Waals surface area contributed by atoms with Gasteiger partial charge in [0.2, 0.25) is 0 Å². The fraction of sp³-hybridized carbons (Fsp3) is 0.333. The van der Waals surface area contributed by atoms with Crippen LogP contribution in [0, 0.1) is 0 Å². The number of ether oxygens (including phenoxy) is 1. The number of nitrogens with one attached hydrogen (secondary N) is 1. The average molecular weight is 262 g/mol. The van der Waals surface area contributed by atoms with Crippen LogP contribution in [0.2, 0.25) is 5.02 Å². The fourth-order valence-electron chi connectivity index (χ4n) is 2.66. The minimum Gasteiger partial charge on any atom is -0.493 e. The van der Waals surface area contributed by atoms with Gasteiger partial charge in [-0.05, 0) is 26.0 Å². The topological polar surface area (TPSA) is 21.3 Å². The van der Waals surface area contributed by atoms with Gasteiger partial charge in [0.25, 0.3) is 0 Å².